The fourth-order valence-corrected chi connectivity index (χ4v) is 2.47. The Labute approximate surface area is 97.1 Å². The number of ether oxygens (including phenoxy) is 2. The number of rotatable bonds is 7. The molecule has 1 saturated carbocycles. The van der Waals surface area contributed by atoms with Gasteiger partial charge in [0.1, 0.15) is 0 Å². The van der Waals surface area contributed by atoms with E-state index >= 15 is 0 Å². The van der Waals surface area contributed by atoms with E-state index in [4.69, 9.17) is 9.47 Å². The van der Waals surface area contributed by atoms with Crippen molar-refractivity contribution < 1.29 is 9.47 Å². The average Bonchev–Trinajstić information content (AvgIpc) is 2.28. The Morgan fingerprint density at radius 1 is 1.27 bits per heavy atom. The van der Waals surface area contributed by atoms with Crippen LogP contribution < -0.4 is 0 Å². The molecule has 1 rings (SSSR count). The van der Waals surface area contributed by atoms with E-state index in [-0.39, 0.29) is 0 Å². The van der Waals surface area contributed by atoms with Crippen LogP contribution in [0.4, 0.5) is 0 Å². The predicted octanol–water partition coefficient (Wildman–Crippen LogP) is 1.70. The monoisotopic (exact) mass is 230 g/mol. The highest BCUT2D eigenvalue weighted by molar-refractivity contribution is 6.08. The highest BCUT2D eigenvalue weighted by Gasteiger charge is 2.25. The summed E-state index contributed by atoms with van der Waals surface area (Å²) in [4.78, 5) is 0. The van der Waals surface area contributed by atoms with Gasteiger partial charge in [0, 0.05) is 29.0 Å². The maximum absolute atomic E-state index is 5.96. The molecule has 3 heteroatoms. The van der Waals surface area contributed by atoms with Crippen LogP contribution >= 0.6 is 0 Å². The summed E-state index contributed by atoms with van der Waals surface area (Å²) >= 11 is 0. The highest BCUT2D eigenvalue weighted by atomic mass is 28.1. The molecule has 0 spiro atoms. The Hall–Kier alpha value is 0.137. The smallest absolute Gasteiger partial charge is 0.0625 e. The summed E-state index contributed by atoms with van der Waals surface area (Å²) in [5.74, 6) is 0.671. The number of hydrogen-bond donors (Lipinski definition) is 0. The van der Waals surface area contributed by atoms with Gasteiger partial charge in [-0.1, -0.05) is 26.2 Å². The molecule has 0 heterocycles. The van der Waals surface area contributed by atoms with Crippen molar-refractivity contribution in [1.82, 2.24) is 0 Å². The van der Waals surface area contributed by atoms with Crippen molar-refractivity contribution in [2.45, 2.75) is 51.6 Å². The van der Waals surface area contributed by atoms with Gasteiger partial charge in [0.05, 0.1) is 12.7 Å². The van der Waals surface area contributed by atoms with E-state index in [2.05, 4.69) is 6.92 Å². The number of hydrogen-bond acceptors (Lipinski definition) is 2. The highest BCUT2D eigenvalue weighted by Crippen LogP contribution is 2.27. The standard InChI is InChI=1S/C12H26O2Si/c1-2-3-8-14-12-7-5-4-6-11(12)9-13-10-15/h11-12H,2-10H2,1,15H3. The second kappa shape index (κ2) is 8.31. The fraction of sp³-hybridized carbons (Fsp3) is 1.00. The van der Waals surface area contributed by atoms with Gasteiger partial charge in [0.15, 0.2) is 0 Å². The lowest BCUT2D eigenvalue weighted by Gasteiger charge is -2.31. The van der Waals surface area contributed by atoms with Crippen LogP contribution in [-0.2, 0) is 9.47 Å². The molecule has 90 valence electrons. The molecular formula is C12H26O2Si. The number of unbranched alkanes of at least 4 members (excludes halogenated alkanes) is 1. The molecule has 1 aliphatic carbocycles. The van der Waals surface area contributed by atoms with E-state index in [0.717, 1.165) is 29.7 Å². The van der Waals surface area contributed by atoms with Crippen molar-refractivity contribution >= 4 is 10.2 Å². The minimum absolute atomic E-state index is 0.485. The summed E-state index contributed by atoms with van der Waals surface area (Å²) in [6, 6.07) is 0. The summed E-state index contributed by atoms with van der Waals surface area (Å²) in [6.07, 6.45) is 9.14. The molecule has 0 amide bonds. The summed E-state index contributed by atoms with van der Waals surface area (Å²) in [7, 11) is 1.15. The lowest BCUT2D eigenvalue weighted by atomic mass is 9.87. The normalized spacial score (nSPS) is 27.0. The van der Waals surface area contributed by atoms with E-state index in [0.29, 0.717) is 12.0 Å². The van der Waals surface area contributed by atoms with Crippen molar-refractivity contribution in [1.29, 1.82) is 0 Å². The third-order valence-corrected chi connectivity index (χ3v) is 3.61. The van der Waals surface area contributed by atoms with Gasteiger partial charge in [-0.15, -0.1) is 0 Å². The summed E-state index contributed by atoms with van der Waals surface area (Å²) < 4.78 is 11.6. The average molecular weight is 230 g/mol. The van der Waals surface area contributed by atoms with Crippen LogP contribution in [-0.4, -0.2) is 35.8 Å². The molecule has 2 atom stereocenters. The van der Waals surface area contributed by atoms with Gasteiger partial charge < -0.3 is 9.47 Å². The van der Waals surface area contributed by atoms with Gasteiger partial charge in [-0.05, 0) is 19.3 Å². The van der Waals surface area contributed by atoms with Crippen LogP contribution in [0.1, 0.15) is 45.4 Å². The second-order valence-corrected chi connectivity index (χ2v) is 5.04. The third-order valence-electron chi connectivity index (χ3n) is 3.21. The van der Waals surface area contributed by atoms with Gasteiger partial charge in [-0.2, -0.15) is 0 Å². The van der Waals surface area contributed by atoms with Gasteiger partial charge in [0.2, 0.25) is 0 Å². The summed E-state index contributed by atoms with van der Waals surface area (Å²) in [5.41, 5.74) is 0. The molecule has 1 fully saturated rings. The van der Waals surface area contributed by atoms with E-state index in [1.165, 1.54) is 38.5 Å². The Bertz CT molecular complexity index is 153. The van der Waals surface area contributed by atoms with Crippen molar-refractivity contribution in [3.8, 4) is 0 Å². The predicted molar refractivity (Wildman–Crippen MR) is 67.4 cm³/mol. The molecule has 0 aliphatic heterocycles. The molecular weight excluding hydrogens is 204 g/mol. The molecule has 0 aromatic heterocycles. The Morgan fingerprint density at radius 3 is 2.80 bits per heavy atom. The van der Waals surface area contributed by atoms with E-state index in [1.807, 2.05) is 0 Å². The van der Waals surface area contributed by atoms with Crippen LogP contribution in [0.2, 0.25) is 0 Å². The fourth-order valence-electron chi connectivity index (χ4n) is 2.23. The van der Waals surface area contributed by atoms with Crippen molar-refractivity contribution in [2.75, 3.05) is 19.4 Å². The molecule has 0 saturated heterocycles. The van der Waals surface area contributed by atoms with Gasteiger partial charge in [-0.3, -0.25) is 0 Å². The molecule has 0 bridgehead atoms. The first-order valence-corrected chi connectivity index (χ1v) is 7.99. The molecule has 0 aromatic rings. The van der Waals surface area contributed by atoms with Gasteiger partial charge in [0.25, 0.3) is 0 Å². The minimum atomic E-state index is 0.485. The van der Waals surface area contributed by atoms with E-state index in [1.54, 1.807) is 0 Å². The zero-order valence-electron chi connectivity index (χ0n) is 10.3. The Kier molecular flexibility index (Phi) is 7.31. The van der Waals surface area contributed by atoms with Gasteiger partial charge >= 0.3 is 0 Å². The zero-order valence-corrected chi connectivity index (χ0v) is 12.3. The second-order valence-electron chi connectivity index (χ2n) is 4.47. The van der Waals surface area contributed by atoms with Crippen LogP contribution in [0.3, 0.4) is 0 Å². The quantitative estimate of drug-likeness (QED) is 0.489. The van der Waals surface area contributed by atoms with Crippen LogP contribution in [0, 0.1) is 5.92 Å². The first-order valence-electron chi connectivity index (χ1n) is 6.57. The lowest BCUT2D eigenvalue weighted by molar-refractivity contribution is -0.0383. The first kappa shape index (κ1) is 13.2. The summed E-state index contributed by atoms with van der Waals surface area (Å²) in [5, 5.41) is 0. The first-order chi connectivity index (χ1) is 7.38. The Balaban J connectivity index is 2.22. The van der Waals surface area contributed by atoms with Crippen molar-refractivity contribution in [3.05, 3.63) is 0 Å². The lowest BCUT2D eigenvalue weighted by Crippen LogP contribution is -2.31. The zero-order chi connectivity index (χ0) is 10.9. The molecule has 15 heavy (non-hydrogen) atoms. The molecule has 2 unspecified atom stereocenters. The minimum Gasteiger partial charge on any atom is -0.385 e. The Morgan fingerprint density at radius 2 is 2.07 bits per heavy atom. The molecule has 1 aliphatic rings. The third kappa shape index (κ3) is 5.14. The SMILES string of the molecule is CCCCOC1CCCCC1COC[SiH3]. The van der Waals surface area contributed by atoms with Crippen molar-refractivity contribution in [2.24, 2.45) is 5.92 Å². The summed E-state index contributed by atoms with van der Waals surface area (Å²) in [6.45, 7) is 4.09. The topological polar surface area (TPSA) is 18.5 Å². The van der Waals surface area contributed by atoms with E-state index < -0.39 is 0 Å². The van der Waals surface area contributed by atoms with Crippen LogP contribution in [0.5, 0.6) is 0 Å². The maximum Gasteiger partial charge on any atom is 0.0625 e. The molecule has 0 radical (unpaired) electrons. The van der Waals surface area contributed by atoms with Gasteiger partial charge in [-0.25, -0.2) is 0 Å². The van der Waals surface area contributed by atoms with Crippen LogP contribution in [0.15, 0.2) is 0 Å². The molecule has 0 aromatic carbocycles. The van der Waals surface area contributed by atoms with Crippen LogP contribution in [0.25, 0.3) is 0 Å². The molecule has 0 N–H and O–H groups in total. The largest absolute Gasteiger partial charge is 0.385 e. The van der Waals surface area contributed by atoms with Crippen molar-refractivity contribution in [3.63, 3.8) is 0 Å². The van der Waals surface area contributed by atoms with E-state index in [9.17, 15) is 0 Å². The maximum atomic E-state index is 5.96. The molecule has 2 nitrogen and oxygen atoms in total.